The van der Waals surface area contributed by atoms with Crippen molar-refractivity contribution < 1.29 is 13.2 Å². The van der Waals surface area contributed by atoms with Gasteiger partial charge >= 0.3 is 0 Å². The maximum absolute atomic E-state index is 13.0. The van der Waals surface area contributed by atoms with Crippen LogP contribution in [-0.4, -0.2) is 42.9 Å². The van der Waals surface area contributed by atoms with Crippen LogP contribution >= 0.6 is 11.3 Å². The number of aryl methyl sites for hydroxylation is 1. The highest BCUT2D eigenvalue weighted by atomic mass is 32.2. The highest BCUT2D eigenvalue weighted by molar-refractivity contribution is 7.88. The number of benzene rings is 1. The molecule has 25 heavy (non-hydrogen) atoms. The predicted molar refractivity (Wildman–Crippen MR) is 99.9 cm³/mol. The molecule has 2 heterocycles. The summed E-state index contributed by atoms with van der Waals surface area (Å²) in [6.07, 6.45) is 1.58. The van der Waals surface area contributed by atoms with Gasteiger partial charge in [-0.05, 0) is 41.5 Å². The normalized spacial score (nSPS) is 18.0. The zero-order chi connectivity index (χ0) is 18.2. The van der Waals surface area contributed by atoms with Gasteiger partial charge in [-0.25, -0.2) is 8.42 Å². The van der Waals surface area contributed by atoms with Crippen LogP contribution in [0.1, 0.15) is 21.6 Å². The lowest BCUT2D eigenvalue weighted by Gasteiger charge is -2.36. The Hall–Kier alpha value is -1.70. The minimum absolute atomic E-state index is 0.160. The van der Waals surface area contributed by atoms with E-state index < -0.39 is 16.1 Å². The minimum Gasteiger partial charge on any atom is -0.339 e. The maximum Gasteiger partial charge on any atom is 0.241 e. The van der Waals surface area contributed by atoms with Crippen LogP contribution in [0, 0.1) is 6.92 Å². The van der Waals surface area contributed by atoms with E-state index in [4.69, 9.17) is 0 Å². The van der Waals surface area contributed by atoms with E-state index in [-0.39, 0.29) is 12.5 Å². The number of hydrogen-bond acceptors (Lipinski definition) is 4. The molecule has 1 aromatic heterocycles. The highest BCUT2D eigenvalue weighted by Gasteiger charge is 2.38. The summed E-state index contributed by atoms with van der Waals surface area (Å²) in [6, 6.07) is 9.06. The van der Waals surface area contributed by atoms with Crippen LogP contribution in [0.5, 0.6) is 0 Å². The van der Waals surface area contributed by atoms with Crippen molar-refractivity contribution in [2.24, 2.45) is 0 Å². The fourth-order valence-electron chi connectivity index (χ4n) is 3.17. The molecule has 0 unspecified atom stereocenters. The Bertz CT molecular complexity index is 889. The van der Waals surface area contributed by atoms with Crippen molar-refractivity contribution in [2.45, 2.75) is 32.5 Å². The quantitative estimate of drug-likeness (QED) is 0.821. The molecule has 1 aliphatic rings. The van der Waals surface area contributed by atoms with Crippen LogP contribution in [0.4, 0.5) is 0 Å². The molecule has 5 nitrogen and oxygen atoms in total. The molecule has 0 radical (unpaired) electrons. The summed E-state index contributed by atoms with van der Waals surface area (Å²) in [5.41, 5.74) is 3.16. The Labute approximate surface area is 152 Å². The lowest BCUT2D eigenvalue weighted by molar-refractivity contribution is -0.134. The molecule has 0 saturated heterocycles. The molecule has 1 atom stereocenters. The third-order valence-corrected chi connectivity index (χ3v) is 6.88. The van der Waals surface area contributed by atoms with Crippen LogP contribution in [0.3, 0.4) is 0 Å². The first-order valence-electron chi connectivity index (χ1n) is 8.09. The van der Waals surface area contributed by atoms with Gasteiger partial charge in [0.05, 0.1) is 12.8 Å². The smallest absolute Gasteiger partial charge is 0.241 e. The molecule has 3 rings (SSSR count). The predicted octanol–water partition coefficient (Wildman–Crippen LogP) is 2.40. The summed E-state index contributed by atoms with van der Waals surface area (Å²) in [7, 11) is -1.74. The molecule has 1 aromatic carbocycles. The van der Waals surface area contributed by atoms with Gasteiger partial charge in [0.25, 0.3) is 0 Å². The van der Waals surface area contributed by atoms with E-state index in [1.165, 1.54) is 10.6 Å². The summed E-state index contributed by atoms with van der Waals surface area (Å²) in [6.45, 7) is 2.76. The van der Waals surface area contributed by atoms with Crippen LogP contribution in [0.2, 0.25) is 0 Å². The molecule has 0 saturated carbocycles. The van der Waals surface area contributed by atoms with Crippen molar-refractivity contribution in [3.8, 4) is 0 Å². The van der Waals surface area contributed by atoms with E-state index in [9.17, 15) is 13.2 Å². The number of carbonyl (C=O) groups is 1. The van der Waals surface area contributed by atoms with Crippen molar-refractivity contribution in [1.82, 2.24) is 9.21 Å². The number of hydrogen-bond donors (Lipinski definition) is 0. The van der Waals surface area contributed by atoms with Gasteiger partial charge in [-0.3, -0.25) is 4.79 Å². The lowest BCUT2D eigenvalue weighted by Crippen LogP contribution is -2.52. The molecule has 7 heteroatoms. The molecule has 0 aliphatic carbocycles. The van der Waals surface area contributed by atoms with Gasteiger partial charge in [-0.1, -0.05) is 24.3 Å². The van der Waals surface area contributed by atoms with Crippen LogP contribution in [0.25, 0.3) is 0 Å². The first kappa shape index (κ1) is 18.1. The monoisotopic (exact) mass is 378 g/mol. The molecule has 1 aliphatic heterocycles. The topological polar surface area (TPSA) is 57.7 Å². The Morgan fingerprint density at radius 2 is 1.96 bits per heavy atom. The van der Waals surface area contributed by atoms with E-state index in [1.54, 1.807) is 23.3 Å². The Morgan fingerprint density at radius 3 is 2.56 bits per heavy atom. The SMILES string of the molecule is Cc1ccsc1CN(C)C(=O)[C@@H]1Cc2ccccc2CN1S(C)(=O)=O. The second-order valence-electron chi connectivity index (χ2n) is 6.52. The maximum atomic E-state index is 13.0. The number of carbonyl (C=O) groups excluding carboxylic acids is 1. The van der Waals surface area contributed by atoms with Crippen molar-refractivity contribution in [3.63, 3.8) is 0 Å². The molecular weight excluding hydrogens is 356 g/mol. The summed E-state index contributed by atoms with van der Waals surface area (Å²) in [4.78, 5) is 15.8. The lowest BCUT2D eigenvalue weighted by atomic mass is 9.95. The van der Waals surface area contributed by atoms with Gasteiger partial charge < -0.3 is 4.90 Å². The van der Waals surface area contributed by atoms with Gasteiger partial charge in [0.15, 0.2) is 0 Å². The molecule has 0 bridgehead atoms. The van der Waals surface area contributed by atoms with Crippen molar-refractivity contribution >= 4 is 27.3 Å². The van der Waals surface area contributed by atoms with E-state index in [0.29, 0.717) is 13.0 Å². The van der Waals surface area contributed by atoms with Gasteiger partial charge in [-0.15, -0.1) is 11.3 Å². The number of rotatable bonds is 4. The van der Waals surface area contributed by atoms with Crippen LogP contribution in [0.15, 0.2) is 35.7 Å². The molecule has 0 spiro atoms. The number of sulfonamides is 1. The molecule has 134 valence electrons. The zero-order valence-corrected chi connectivity index (χ0v) is 16.2. The van der Waals surface area contributed by atoms with Gasteiger partial charge in [-0.2, -0.15) is 4.31 Å². The van der Waals surface area contributed by atoms with E-state index in [0.717, 1.165) is 21.6 Å². The average Bonchev–Trinajstić information content (AvgIpc) is 2.97. The Balaban J connectivity index is 1.87. The van der Waals surface area contributed by atoms with E-state index in [1.807, 2.05) is 42.6 Å². The molecule has 2 aromatic rings. The fourth-order valence-corrected chi connectivity index (χ4v) is 5.13. The number of amides is 1. The summed E-state index contributed by atoms with van der Waals surface area (Å²) < 4.78 is 25.9. The van der Waals surface area contributed by atoms with Crippen molar-refractivity contribution in [2.75, 3.05) is 13.3 Å². The molecular formula is C18H22N2O3S2. The number of nitrogens with zero attached hydrogens (tertiary/aromatic N) is 2. The van der Waals surface area contributed by atoms with Crippen LogP contribution in [-0.2, 0) is 34.3 Å². The third kappa shape index (κ3) is 3.78. The van der Waals surface area contributed by atoms with E-state index in [2.05, 4.69) is 0 Å². The number of thiophene rings is 1. The third-order valence-electron chi connectivity index (χ3n) is 4.64. The Morgan fingerprint density at radius 1 is 1.28 bits per heavy atom. The number of fused-ring (bicyclic) bond motifs is 1. The van der Waals surface area contributed by atoms with Crippen LogP contribution < -0.4 is 0 Å². The number of likely N-dealkylation sites (N-methyl/N-ethyl adjacent to an activating group) is 1. The first-order valence-corrected chi connectivity index (χ1v) is 10.8. The summed E-state index contributed by atoms with van der Waals surface area (Å²) in [5.74, 6) is -0.160. The second kappa shape index (κ2) is 6.90. The second-order valence-corrected chi connectivity index (χ2v) is 9.45. The Kier molecular flexibility index (Phi) is 4.99. The van der Waals surface area contributed by atoms with Gasteiger partial charge in [0.1, 0.15) is 6.04 Å². The van der Waals surface area contributed by atoms with Crippen molar-refractivity contribution in [1.29, 1.82) is 0 Å². The molecule has 0 N–H and O–H groups in total. The first-order chi connectivity index (χ1) is 11.8. The molecule has 1 amide bonds. The minimum atomic E-state index is -3.48. The summed E-state index contributed by atoms with van der Waals surface area (Å²) >= 11 is 1.61. The standard InChI is InChI=1S/C18H22N2O3S2/c1-13-8-9-24-17(13)12-19(2)18(21)16-10-14-6-4-5-7-15(14)11-20(16)25(3,22)23/h4-9,16H,10-12H2,1-3H3/t16-/m0/s1. The van der Waals surface area contributed by atoms with E-state index >= 15 is 0 Å². The zero-order valence-electron chi connectivity index (χ0n) is 14.6. The van der Waals surface area contributed by atoms with Gasteiger partial charge in [0.2, 0.25) is 15.9 Å². The average molecular weight is 379 g/mol. The molecule has 0 fully saturated rings. The largest absolute Gasteiger partial charge is 0.339 e. The van der Waals surface area contributed by atoms with Gasteiger partial charge in [0, 0.05) is 18.5 Å². The highest BCUT2D eigenvalue weighted by Crippen LogP contribution is 2.27. The summed E-state index contributed by atoms with van der Waals surface area (Å²) in [5, 5.41) is 2.00. The fraction of sp³-hybridized carbons (Fsp3) is 0.389. The van der Waals surface area contributed by atoms with Crippen molar-refractivity contribution in [3.05, 3.63) is 57.3 Å².